The minimum Gasteiger partial charge on any atom is -0.360 e. The zero-order chi connectivity index (χ0) is 8.72. The van der Waals surface area contributed by atoms with Crippen molar-refractivity contribution >= 4 is 42.8 Å². The van der Waals surface area contributed by atoms with Crippen molar-refractivity contribution < 1.29 is 4.39 Å². The highest BCUT2D eigenvalue weighted by Gasteiger charge is 2.08. The second-order valence-electron chi connectivity index (χ2n) is 2.42. The summed E-state index contributed by atoms with van der Waals surface area (Å²) < 4.78 is 14.3. The molecule has 1 heterocycles. The number of benzene rings is 1. The summed E-state index contributed by atoms with van der Waals surface area (Å²) in [5, 5.41) is 0.849. The van der Waals surface area contributed by atoms with Crippen LogP contribution in [-0.4, -0.2) is 4.98 Å². The maximum Gasteiger partial charge on any atom is 0.139 e. The maximum absolute atomic E-state index is 13.1. The average Bonchev–Trinajstić information content (AvgIpc) is 2.48. The summed E-state index contributed by atoms with van der Waals surface area (Å²) in [6.45, 7) is 0. The van der Waals surface area contributed by atoms with Crippen LogP contribution in [0.4, 0.5) is 4.39 Å². The number of hydrogen-bond donors (Lipinski definition) is 1. The van der Waals surface area contributed by atoms with Gasteiger partial charge in [0.15, 0.2) is 0 Å². The molecule has 62 valence electrons. The molecule has 0 aliphatic rings. The number of halogens is 3. The Hall–Kier alpha value is -0.350. The monoisotopic (exact) mass is 291 g/mol. The van der Waals surface area contributed by atoms with Gasteiger partial charge in [-0.05, 0) is 44.0 Å². The largest absolute Gasteiger partial charge is 0.360 e. The van der Waals surface area contributed by atoms with Crippen molar-refractivity contribution in [3.63, 3.8) is 0 Å². The number of H-pyrrole nitrogens is 1. The van der Waals surface area contributed by atoms with E-state index in [4.69, 9.17) is 0 Å². The van der Waals surface area contributed by atoms with Crippen LogP contribution in [-0.2, 0) is 0 Å². The van der Waals surface area contributed by atoms with Gasteiger partial charge >= 0.3 is 0 Å². The Bertz CT molecular complexity index is 436. The lowest BCUT2D eigenvalue weighted by Gasteiger charge is -1.98. The molecular weight excluding hydrogens is 289 g/mol. The van der Waals surface area contributed by atoms with Crippen LogP contribution in [0.2, 0.25) is 0 Å². The average molecular weight is 293 g/mol. The molecule has 4 heteroatoms. The van der Waals surface area contributed by atoms with Gasteiger partial charge in [0.1, 0.15) is 5.82 Å². The van der Waals surface area contributed by atoms with Gasteiger partial charge in [0, 0.05) is 16.1 Å². The van der Waals surface area contributed by atoms with E-state index in [1.165, 1.54) is 6.07 Å². The molecule has 2 aromatic rings. The van der Waals surface area contributed by atoms with Gasteiger partial charge in [-0.15, -0.1) is 0 Å². The van der Waals surface area contributed by atoms with Gasteiger partial charge in [0.25, 0.3) is 0 Å². The van der Waals surface area contributed by atoms with Crippen LogP contribution < -0.4 is 0 Å². The molecule has 0 aliphatic carbocycles. The lowest BCUT2D eigenvalue weighted by atomic mass is 10.2. The quantitative estimate of drug-likeness (QED) is 0.710. The number of nitrogens with one attached hydrogen (secondary N) is 1. The number of hydrogen-bond acceptors (Lipinski definition) is 0. The van der Waals surface area contributed by atoms with E-state index in [0.717, 1.165) is 15.4 Å². The number of rotatable bonds is 0. The molecule has 0 aliphatic heterocycles. The van der Waals surface area contributed by atoms with Crippen molar-refractivity contribution in [1.82, 2.24) is 4.98 Å². The smallest absolute Gasteiger partial charge is 0.139 e. The molecule has 12 heavy (non-hydrogen) atoms. The van der Waals surface area contributed by atoms with E-state index in [9.17, 15) is 4.39 Å². The van der Waals surface area contributed by atoms with Crippen LogP contribution in [0.3, 0.4) is 0 Å². The van der Waals surface area contributed by atoms with Gasteiger partial charge in [-0.1, -0.05) is 0 Å². The molecule has 0 fully saturated rings. The first kappa shape index (κ1) is 8.26. The summed E-state index contributed by atoms with van der Waals surface area (Å²) in [6, 6.07) is 3.26. The molecule has 0 atom stereocenters. The number of aromatic nitrogens is 1. The lowest BCUT2D eigenvalue weighted by Crippen LogP contribution is -1.79. The van der Waals surface area contributed by atoms with Crippen molar-refractivity contribution in [2.75, 3.05) is 0 Å². The van der Waals surface area contributed by atoms with Crippen LogP contribution in [0.5, 0.6) is 0 Å². The van der Waals surface area contributed by atoms with Crippen LogP contribution in [0, 0.1) is 5.82 Å². The van der Waals surface area contributed by atoms with E-state index < -0.39 is 0 Å². The fourth-order valence-electron chi connectivity index (χ4n) is 1.13. The van der Waals surface area contributed by atoms with Gasteiger partial charge < -0.3 is 4.98 Å². The van der Waals surface area contributed by atoms with E-state index in [-0.39, 0.29) is 5.82 Å². The van der Waals surface area contributed by atoms with Crippen LogP contribution in [0.1, 0.15) is 0 Å². The predicted octanol–water partition coefficient (Wildman–Crippen LogP) is 3.83. The second kappa shape index (κ2) is 2.85. The first-order chi connectivity index (χ1) is 5.70. The molecule has 1 nitrogen and oxygen atoms in total. The van der Waals surface area contributed by atoms with Gasteiger partial charge in [-0.3, -0.25) is 0 Å². The van der Waals surface area contributed by atoms with Crippen LogP contribution >= 0.6 is 31.9 Å². The van der Waals surface area contributed by atoms with Gasteiger partial charge in [-0.25, -0.2) is 4.39 Å². The first-order valence-corrected chi connectivity index (χ1v) is 4.89. The van der Waals surface area contributed by atoms with E-state index in [2.05, 4.69) is 36.8 Å². The molecule has 1 aromatic heterocycles. The Labute approximate surface area is 85.2 Å². The van der Waals surface area contributed by atoms with Crippen LogP contribution in [0.25, 0.3) is 10.9 Å². The van der Waals surface area contributed by atoms with Gasteiger partial charge in [0.2, 0.25) is 0 Å². The zero-order valence-electron chi connectivity index (χ0n) is 5.87. The summed E-state index contributed by atoms with van der Waals surface area (Å²) >= 11 is 6.45. The maximum atomic E-state index is 13.1. The van der Waals surface area contributed by atoms with Gasteiger partial charge in [-0.2, -0.15) is 0 Å². The van der Waals surface area contributed by atoms with Crippen molar-refractivity contribution in [3.05, 3.63) is 33.1 Å². The topological polar surface area (TPSA) is 15.8 Å². The Kier molecular flexibility index (Phi) is 1.96. The highest BCUT2D eigenvalue weighted by Crippen LogP contribution is 2.31. The molecule has 0 saturated carbocycles. The molecular formula is C8H4Br2FN. The van der Waals surface area contributed by atoms with Crippen LogP contribution in [0.15, 0.2) is 27.3 Å². The SMILES string of the molecule is Fc1cc(Br)c2[nH]ccc2c1Br. The van der Waals surface area contributed by atoms with Crippen molar-refractivity contribution in [3.8, 4) is 0 Å². The number of aromatic amines is 1. The predicted molar refractivity (Wildman–Crippen MR) is 53.7 cm³/mol. The first-order valence-electron chi connectivity index (χ1n) is 3.30. The summed E-state index contributed by atoms with van der Waals surface area (Å²) in [4.78, 5) is 3.01. The Balaban J connectivity index is 2.97. The lowest BCUT2D eigenvalue weighted by molar-refractivity contribution is 0.622. The zero-order valence-corrected chi connectivity index (χ0v) is 9.04. The molecule has 0 amide bonds. The number of fused-ring (bicyclic) bond motifs is 1. The third-order valence-electron chi connectivity index (χ3n) is 1.69. The summed E-state index contributed by atoms with van der Waals surface area (Å²) in [6.07, 6.45) is 1.78. The van der Waals surface area contributed by atoms with Crippen molar-refractivity contribution in [2.45, 2.75) is 0 Å². The fourth-order valence-corrected chi connectivity index (χ4v) is 2.10. The Morgan fingerprint density at radius 2 is 2.08 bits per heavy atom. The molecule has 0 bridgehead atoms. The van der Waals surface area contributed by atoms with Crippen molar-refractivity contribution in [2.24, 2.45) is 0 Å². The summed E-state index contributed by atoms with van der Waals surface area (Å²) in [5.41, 5.74) is 0.906. The van der Waals surface area contributed by atoms with Crippen molar-refractivity contribution in [1.29, 1.82) is 0 Å². The van der Waals surface area contributed by atoms with E-state index in [0.29, 0.717) is 4.47 Å². The molecule has 2 rings (SSSR count). The standard InChI is InChI=1S/C8H4Br2FN/c9-5-3-6(11)7(10)4-1-2-12-8(4)5/h1-3,12H. The third-order valence-corrected chi connectivity index (χ3v) is 3.12. The normalized spacial score (nSPS) is 10.9. The van der Waals surface area contributed by atoms with E-state index in [1.54, 1.807) is 6.20 Å². The molecule has 0 saturated heterocycles. The molecule has 1 N–H and O–H groups in total. The minimum absolute atomic E-state index is 0.256. The fraction of sp³-hybridized carbons (Fsp3) is 0. The third kappa shape index (κ3) is 1.10. The molecule has 0 spiro atoms. The minimum atomic E-state index is -0.256. The van der Waals surface area contributed by atoms with E-state index in [1.807, 2.05) is 6.07 Å². The summed E-state index contributed by atoms with van der Waals surface area (Å²) in [5.74, 6) is -0.256. The Morgan fingerprint density at radius 1 is 1.33 bits per heavy atom. The second-order valence-corrected chi connectivity index (χ2v) is 4.07. The van der Waals surface area contributed by atoms with Gasteiger partial charge in [0.05, 0.1) is 9.99 Å². The summed E-state index contributed by atoms with van der Waals surface area (Å²) in [7, 11) is 0. The Morgan fingerprint density at radius 3 is 2.83 bits per heavy atom. The molecule has 0 radical (unpaired) electrons. The molecule has 1 aromatic carbocycles. The highest BCUT2D eigenvalue weighted by atomic mass is 79.9. The highest BCUT2D eigenvalue weighted by molar-refractivity contribution is 9.11. The molecule has 0 unspecified atom stereocenters. The van der Waals surface area contributed by atoms with E-state index >= 15 is 0 Å².